The van der Waals surface area contributed by atoms with Crippen LogP contribution in [0, 0.1) is 6.92 Å². The predicted octanol–water partition coefficient (Wildman–Crippen LogP) is 3.73. The number of esters is 1. The summed E-state index contributed by atoms with van der Waals surface area (Å²) in [6.07, 6.45) is 1.68. The lowest BCUT2D eigenvalue weighted by Crippen LogP contribution is -2.01. The van der Waals surface area contributed by atoms with Crippen molar-refractivity contribution < 1.29 is 19.0 Å². The third-order valence-electron chi connectivity index (χ3n) is 4.26. The number of thiazole rings is 1. The Morgan fingerprint density at radius 3 is 2.93 bits per heavy atom. The number of fused-ring (bicyclic) bond motifs is 1. The first kappa shape index (κ1) is 17.5. The average Bonchev–Trinajstić information content (AvgIpc) is 3.39. The lowest BCUT2D eigenvalue weighted by atomic mass is 10.1. The fraction of sp³-hybridized carbons (Fsp3) is 0.316. The molecule has 8 heteroatoms. The fourth-order valence-corrected chi connectivity index (χ4v) is 3.71. The summed E-state index contributed by atoms with van der Waals surface area (Å²) in [4.78, 5) is 24.1. The van der Waals surface area contributed by atoms with Crippen LogP contribution in [0.3, 0.4) is 0 Å². The number of carbonyl (C=O) groups excluding carboxylic acids is 1. The molecular weight excluding hydrogens is 366 g/mol. The maximum absolute atomic E-state index is 11.3. The zero-order valence-corrected chi connectivity index (χ0v) is 15.9. The highest BCUT2D eigenvalue weighted by atomic mass is 32.1. The van der Waals surface area contributed by atoms with Crippen molar-refractivity contribution in [2.45, 2.75) is 26.2 Å². The number of aryl methyl sites for hydroxylation is 2. The summed E-state index contributed by atoms with van der Waals surface area (Å²) in [7, 11) is 1.40. The standard InChI is InChI=1S/C19H19N3O4S/c1-11-9-27-19(20-11)18-17(12-6-7-13-14(8-12)26-10-25-13)21-15(22-18)4-3-5-16(23)24-2/h6-9H,3-5,10H2,1-2H3,(H,21,22). The van der Waals surface area contributed by atoms with Gasteiger partial charge in [0, 0.05) is 29.5 Å². The number of hydrogen-bond acceptors (Lipinski definition) is 7. The van der Waals surface area contributed by atoms with Crippen LogP contribution >= 0.6 is 11.3 Å². The quantitative estimate of drug-likeness (QED) is 0.651. The van der Waals surface area contributed by atoms with E-state index in [2.05, 4.69) is 9.97 Å². The van der Waals surface area contributed by atoms with E-state index in [0.717, 1.165) is 45.0 Å². The highest BCUT2D eigenvalue weighted by Crippen LogP contribution is 2.38. The van der Waals surface area contributed by atoms with E-state index >= 15 is 0 Å². The van der Waals surface area contributed by atoms with E-state index < -0.39 is 0 Å². The topological polar surface area (TPSA) is 86.3 Å². The third-order valence-corrected chi connectivity index (χ3v) is 5.22. The lowest BCUT2D eigenvalue weighted by Gasteiger charge is -2.03. The second kappa shape index (κ2) is 7.40. The Hall–Kier alpha value is -2.87. The minimum atomic E-state index is -0.215. The molecule has 0 saturated heterocycles. The highest BCUT2D eigenvalue weighted by Gasteiger charge is 2.20. The van der Waals surface area contributed by atoms with Crippen molar-refractivity contribution >= 4 is 17.3 Å². The monoisotopic (exact) mass is 385 g/mol. The maximum Gasteiger partial charge on any atom is 0.305 e. The van der Waals surface area contributed by atoms with Gasteiger partial charge in [-0.25, -0.2) is 9.97 Å². The number of benzene rings is 1. The number of aromatic nitrogens is 3. The van der Waals surface area contributed by atoms with E-state index in [9.17, 15) is 4.79 Å². The molecule has 1 N–H and O–H groups in total. The molecule has 1 aliphatic heterocycles. The van der Waals surface area contributed by atoms with Gasteiger partial charge in [0.05, 0.1) is 12.8 Å². The van der Waals surface area contributed by atoms with Crippen LogP contribution in [0.25, 0.3) is 22.0 Å². The summed E-state index contributed by atoms with van der Waals surface area (Å²) >= 11 is 1.56. The largest absolute Gasteiger partial charge is 0.469 e. The Morgan fingerprint density at radius 2 is 2.15 bits per heavy atom. The summed E-state index contributed by atoms with van der Waals surface area (Å²) < 4.78 is 15.6. The number of methoxy groups -OCH3 is 1. The fourth-order valence-electron chi connectivity index (χ4n) is 2.92. The summed E-state index contributed by atoms with van der Waals surface area (Å²) in [6.45, 7) is 2.20. The second-order valence-electron chi connectivity index (χ2n) is 6.20. The summed E-state index contributed by atoms with van der Waals surface area (Å²) in [5, 5.41) is 2.86. The molecule has 3 aromatic rings. The molecule has 2 aromatic heterocycles. The molecule has 0 spiro atoms. The third kappa shape index (κ3) is 3.66. The van der Waals surface area contributed by atoms with Crippen molar-refractivity contribution in [3.05, 3.63) is 35.1 Å². The van der Waals surface area contributed by atoms with Gasteiger partial charge in [-0.1, -0.05) is 0 Å². The number of hydrogen-bond donors (Lipinski definition) is 1. The summed E-state index contributed by atoms with van der Waals surface area (Å²) in [6, 6.07) is 5.81. The number of ether oxygens (including phenoxy) is 3. The second-order valence-corrected chi connectivity index (χ2v) is 7.06. The first-order chi connectivity index (χ1) is 13.1. The molecule has 4 rings (SSSR count). The molecule has 0 aliphatic carbocycles. The van der Waals surface area contributed by atoms with Crippen LogP contribution in [0.5, 0.6) is 11.5 Å². The van der Waals surface area contributed by atoms with Crippen molar-refractivity contribution in [1.29, 1.82) is 0 Å². The van der Waals surface area contributed by atoms with Gasteiger partial charge < -0.3 is 19.2 Å². The van der Waals surface area contributed by atoms with E-state index in [-0.39, 0.29) is 12.8 Å². The number of rotatable bonds is 6. The van der Waals surface area contributed by atoms with Gasteiger partial charge in [-0.15, -0.1) is 11.3 Å². The van der Waals surface area contributed by atoms with Gasteiger partial charge in [0.1, 0.15) is 16.5 Å². The number of carbonyl (C=O) groups is 1. The molecular formula is C19H19N3O4S. The smallest absolute Gasteiger partial charge is 0.305 e. The van der Waals surface area contributed by atoms with E-state index in [0.29, 0.717) is 19.3 Å². The SMILES string of the molecule is COC(=O)CCCc1nc(-c2nc(C)cs2)c(-c2ccc3c(c2)OCO3)[nH]1. The zero-order chi connectivity index (χ0) is 18.8. The average molecular weight is 385 g/mol. The highest BCUT2D eigenvalue weighted by molar-refractivity contribution is 7.13. The van der Waals surface area contributed by atoms with Crippen molar-refractivity contribution in [1.82, 2.24) is 15.0 Å². The van der Waals surface area contributed by atoms with Crippen LogP contribution in [0.4, 0.5) is 0 Å². The number of aromatic amines is 1. The van der Waals surface area contributed by atoms with Crippen LogP contribution in [-0.2, 0) is 16.0 Å². The van der Waals surface area contributed by atoms with Crippen LogP contribution in [0.1, 0.15) is 24.4 Å². The number of imidazole rings is 1. The van der Waals surface area contributed by atoms with E-state index in [1.807, 2.05) is 30.5 Å². The van der Waals surface area contributed by atoms with Gasteiger partial charge in [-0.2, -0.15) is 0 Å². The van der Waals surface area contributed by atoms with E-state index in [1.165, 1.54) is 7.11 Å². The summed E-state index contributed by atoms with van der Waals surface area (Å²) in [5.41, 5.74) is 3.60. The van der Waals surface area contributed by atoms with Crippen LogP contribution in [-0.4, -0.2) is 34.8 Å². The molecule has 0 amide bonds. The van der Waals surface area contributed by atoms with Gasteiger partial charge in [0.25, 0.3) is 0 Å². The zero-order valence-electron chi connectivity index (χ0n) is 15.1. The van der Waals surface area contributed by atoms with E-state index in [4.69, 9.17) is 19.2 Å². The molecule has 1 aliphatic rings. The molecule has 0 atom stereocenters. The lowest BCUT2D eigenvalue weighted by molar-refractivity contribution is -0.140. The number of H-pyrrole nitrogens is 1. The minimum Gasteiger partial charge on any atom is -0.469 e. The van der Waals surface area contributed by atoms with Gasteiger partial charge in [-0.05, 0) is 31.5 Å². The molecule has 0 bridgehead atoms. The molecule has 0 unspecified atom stereocenters. The Kier molecular flexibility index (Phi) is 4.81. The van der Waals surface area contributed by atoms with Crippen molar-refractivity contribution in [3.8, 4) is 33.5 Å². The van der Waals surface area contributed by atoms with Gasteiger partial charge in [-0.3, -0.25) is 4.79 Å². The Labute approximate surface area is 160 Å². The van der Waals surface area contributed by atoms with Gasteiger partial charge >= 0.3 is 5.97 Å². The van der Waals surface area contributed by atoms with Crippen molar-refractivity contribution in [3.63, 3.8) is 0 Å². The Balaban J connectivity index is 1.67. The maximum atomic E-state index is 11.3. The van der Waals surface area contributed by atoms with Crippen LogP contribution < -0.4 is 9.47 Å². The normalized spacial score (nSPS) is 12.4. The molecule has 0 radical (unpaired) electrons. The first-order valence-electron chi connectivity index (χ1n) is 8.62. The molecule has 0 saturated carbocycles. The van der Waals surface area contributed by atoms with Crippen LogP contribution in [0.2, 0.25) is 0 Å². The Bertz CT molecular complexity index is 979. The Morgan fingerprint density at radius 1 is 1.30 bits per heavy atom. The molecule has 7 nitrogen and oxygen atoms in total. The number of nitrogens with one attached hydrogen (secondary N) is 1. The van der Waals surface area contributed by atoms with Gasteiger partial charge in [0.15, 0.2) is 11.5 Å². The van der Waals surface area contributed by atoms with Crippen molar-refractivity contribution in [2.24, 2.45) is 0 Å². The molecule has 1 aromatic carbocycles. The first-order valence-corrected chi connectivity index (χ1v) is 9.50. The van der Waals surface area contributed by atoms with E-state index in [1.54, 1.807) is 11.3 Å². The van der Waals surface area contributed by atoms with Crippen LogP contribution in [0.15, 0.2) is 23.6 Å². The minimum absolute atomic E-state index is 0.215. The molecule has 0 fully saturated rings. The molecule has 27 heavy (non-hydrogen) atoms. The van der Waals surface area contributed by atoms with Gasteiger partial charge in [0.2, 0.25) is 6.79 Å². The summed E-state index contributed by atoms with van der Waals surface area (Å²) in [5.74, 6) is 2.06. The molecule has 140 valence electrons. The van der Waals surface area contributed by atoms with Crippen molar-refractivity contribution in [2.75, 3.05) is 13.9 Å². The number of nitrogens with zero attached hydrogens (tertiary/aromatic N) is 2. The predicted molar refractivity (Wildman–Crippen MR) is 101 cm³/mol. The molecule has 3 heterocycles.